The summed E-state index contributed by atoms with van der Waals surface area (Å²) in [5.74, 6) is -0.798. The van der Waals surface area contributed by atoms with E-state index in [9.17, 15) is 9.18 Å². The highest BCUT2D eigenvalue weighted by atomic mass is 19.1. The lowest BCUT2D eigenvalue weighted by molar-refractivity contribution is 0.0515. The van der Waals surface area contributed by atoms with E-state index >= 15 is 0 Å². The third-order valence-electron chi connectivity index (χ3n) is 4.13. The van der Waals surface area contributed by atoms with Crippen molar-refractivity contribution < 1.29 is 13.9 Å². The number of benzene rings is 1. The molecule has 0 amide bonds. The van der Waals surface area contributed by atoms with Crippen LogP contribution in [0.2, 0.25) is 0 Å². The van der Waals surface area contributed by atoms with Crippen molar-refractivity contribution >= 4 is 11.6 Å². The molecule has 0 bridgehead atoms. The minimum absolute atomic E-state index is 0.192. The number of hydrogen-bond donors (Lipinski definition) is 0. The zero-order valence-corrected chi connectivity index (χ0v) is 15.1. The Morgan fingerprint density at radius 1 is 1.15 bits per heavy atom. The minimum Gasteiger partial charge on any atom is -0.461 e. The number of nitrogens with zero attached hydrogens (tertiary/aromatic N) is 4. The number of esters is 1. The van der Waals surface area contributed by atoms with E-state index in [-0.39, 0.29) is 18.1 Å². The summed E-state index contributed by atoms with van der Waals surface area (Å²) in [5.41, 5.74) is 3.89. The second-order valence-electron chi connectivity index (χ2n) is 5.88. The molecule has 0 unspecified atom stereocenters. The fourth-order valence-electron chi connectivity index (χ4n) is 2.97. The number of carbonyl (C=O) groups is 1. The van der Waals surface area contributed by atoms with Crippen LogP contribution in [0.25, 0.3) is 16.8 Å². The lowest BCUT2D eigenvalue weighted by Crippen LogP contribution is -2.16. The third kappa shape index (κ3) is 3.16. The molecule has 0 N–H and O–H groups in total. The molecule has 0 saturated carbocycles. The van der Waals surface area contributed by atoms with Crippen molar-refractivity contribution in [2.75, 3.05) is 6.61 Å². The van der Waals surface area contributed by atoms with Crippen LogP contribution in [0.3, 0.4) is 0 Å². The SMILES string of the molecule is CCCc1c(C(=O)OCC)nnc2c(-c3ccc(F)cc3)c(CC)nn12. The van der Waals surface area contributed by atoms with Crippen molar-refractivity contribution in [2.24, 2.45) is 0 Å². The topological polar surface area (TPSA) is 69.4 Å². The zero-order chi connectivity index (χ0) is 18.7. The van der Waals surface area contributed by atoms with Gasteiger partial charge in [0.25, 0.3) is 0 Å². The molecule has 136 valence electrons. The Hall–Kier alpha value is -2.83. The summed E-state index contributed by atoms with van der Waals surface area (Å²) in [7, 11) is 0. The number of rotatable bonds is 6. The number of ether oxygens (including phenoxy) is 1. The molecule has 0 fully saturated rings. The van der Waals surface area contributed by atoms with Crippen LogP contribution in [-0.2, 0) is 17.6 Å². The number of carbonyl (C=O) groups excluding carboxylic acids is 1. The van der Waals surface area contributed by atoms with Crippen molar-refractivity contribution in [3.05, 3.63) is 47.2 Å². The second-order valence-corrected chi connectivity index (χ2v) is 5.88. The average molecular weight is 356 g/mol. The molecule has 0 saturated heterocycles. The summed E-state index contributed by atoms with van der Waals surface area (Å²) in [6.45, 7) is 6.03. The average Bonchev–Trinajstić information content (AvgIpc) is 3.02. The fraction of sp³-hybridized carbons (Fsp3) is 0.368. The summed E-state index contributed by atoms with van der Waals surface area (Å²) >= 11 is 0. The van der Waals surface area contributed by atoms with Crippen LogP contribution in [-0.4, -0.2) is 32.4 Å². The molecule has 0 spiro atoms. The van der Waals surface area contributed by atoms with Crippen LogP contribution >= 0.6 is 0 Å². The molecule has 3 rings (SSSR count). The van der Waals surface area contributed by atoms with Gasteiger partial charge in [0.2, 0.25) is 0 Å². The van der Waals surface area contributed by atoms with Crippen LogP contribution in [0.15, 0.2) is 24.3 Å². The summed E-state index contributed by atoms with van der Waals surface area (Å²) in [6.07, 6.45) is 2.12. The van der Waals surface area contributed by atoms with Crippen LogP contribution in [0.5, 0.6) is 0 Å². The molecule has 0 aliphatic heterocycles. The largest absolute Gasteiger partial charge is 0.461 e. The van der Waals surface area contributed by atoms with Crippen LogP contribution in [0.1, 0.15) is 49.1 Å². The maximum atomic E-state index is 13.3. The van der Waals surface area contributed by atoms with Crippen LogP contribution < -0.4 is 0 Å². The van der Waals surface area contributed by atoms with E-state index in [1.807, 2.05) is 13.8 Å². The molecule has 0 atom stereocenters. The Labute approximate surface area is 151 Å². The van der Waals surface area contributed by atoms with Crippen LogP contribution in [0, 0.1) is 5.82 Å². The predicted molar refractivity (Wildman–Crippen MR) is 95.5 cm³/mol. The van der Waals surface area contributed by atoms with Crippen LogP contribution in [0.4, 0.5) is 4.39 Å². The monoisotopic (exact) mass is 356 g/mol. The Morgan fingerprint density at radius 2 is 1.88 bits per heavy atom. The standard InChI is InChI=1S/C19H21FN4O2/c1-4-7-15-17(19(25)26-6-3)21-22-18-16(14(5-2)23-24(15)18)12-8-10-13(20)11-9-12/h8-11H,4-7H2,1-3H3. The summed E-state index contributed by atoms with van der Waals surface area (Å²) in [4.78, 5) is 12.2. The summed E-state index contributed by atoms with van der Waals surface area (Å²) in [6, 6.07) is 6.22. The second kappa shape index (κ2) is 7.59. The van der Waals surface area contributed by atoms with E-state index in [0.29, 0.717) is 24.2 Å². The quantitative estimate of drug-likeness (QED) is 0.631. The van der Waals surface area contributed by atoms with Gasteiger partial charge in [-0.3, -0.25) is 0 Å². The minimum atomic E-state index is -0.498. The van der Waals surface area contributed by atoms with Crippen molar-refractivity contribution in [2.45, 2.75) is 40.0 Å². The Bertz CT molecular complexity index is 935. The van der Waals surface area contributed by atoms with Gasteiger partial charge in [0.15, 0.2) is 11.3 Å². The van der Waals surface area contributed by atoms with E-state index in [2.05, 4.69) is 15.3 Å². The first-order chi connectivity index (χ1) is 12.6. The Balaban J connectivity index is 2.26. The highest BCUT2D eigenvalue weighted by molar-refractivity contribution is 5.89. The van der Waals surface area contributed by atoms with Gasteiger partial charge in [0, 0.05) is 0 Å². The number of fused-ring (bicyclic) bond motifs is 1. The summed E-state index contributed by atoms with van der Waals surface area (Å²) in [5, 5.41) is 13.1. The van der Waals surface area contributed by atoms with Gasteiger partial charge in [-0.15, -0.1) is 10.2 Å². The van der Waals surface area contributed by atoms with E-state index in [1.165, 1.54) is 12.1 Å². The van der Waals surface area contributed by atoms with E-state index in [0.717, 1.165) is 23.2 Å². The fourth-order valence-corrected chi connectivity index (χ4v) is 2.97. The van der Waals surface area contributed by atoms with Crippen molar-refractivity contribution in [1.82, 2.24) is 19.8 Å². The predicted octanol–water partition coefficient (Wildman–Crippen LogP) is 3.62. The molecule has 3 aromatic rings. The third-order valence-corrected chi connectivity index (χ3v) is 4.13. The molecular weight excluding hydrogens is 335 g/mol. The molecule has 0 radical (unpaired) electrons. The number of aryl methyl sites for hydroxylation is 2. The van der Waals surface area contributed by atoms with E-state index in [1.54, 1.807) is 23.6 Å². The molecule has 7 heteroatoms. The lowest BCUT2D eigenvalue weighted by atomic mass is 10.0. The Morgan fingerprint density at radius 3 is 2.50 bits per heavy atom. The molecule has 1 aromatic carbocycles. The normalized spacial score (nSPS) is 11.1. The van der Waals surface area contributed by atoms with E-state index < -0.39 is 5.97 Å². The lowest BCUT2D eigenvalue weighted by Gasteiger charge is -2.08. The molecular formula is C19H21FN4O2. The maximum Gasteiger partial charge on any atom is 0.360 e. The smallest absolute Gasteiger partial charge is 0.360 e. The van der Waals surface area contributed by atoms with Gasteiger partial charge in [-0.1, -0.05) is 32.4 Å². The molecule has 2 heterocycles. The van der Waals surface area contributed by atoms with Gasteiger partial charge in [-0.05, 0) is 37.5 Å². The first-order valence-corrected chi connectivity index (χ1v) is 8.80. The van der Waals surface area contributed by atoms with Gasteiger partial charge in [0.1, 0.15) is 5.82 Å². The van der Waals surface area contributed by atoms with Gasteiger partial charge >= 0.3 is 5.97 Å². The van der Waals surface area contributed by atoms with Gasteiger partial charge in [-0.25, -0.2) is 13.7 Å². The summed E-state index contributed by atoms with van der Waals surface area (Å²) < 4.78 is 20.1. The maximum absolute atomic E-state index is 13.3. The number of hydrogen-bond acceptors (Lipinski definition) is 5. The van der Waals surface area contributed by atoms with Crippen molar-refractivity contribution in [3.8, 4) is 11.1 Å². The van der Waals surface area contributed by atoms with Gasteiger partial charge in [0.05, 0.1) is 23.6 Å². The van der Waals surface area contributed by atoms with Crippen molar-refractivity contribution in [1.29, 1.82) is 0 Å². The zero-order valence-electron chi connectivity index (χ0n) is 15.1. The molecule has 0 aliphatic carbocycles. The molecule has 2 aromatic heterocycles. The Kier molecular flexibility index (Phi) is 5.25. The number of aromatic nitrogens is 4. The van der Waals surface area contributed by atoms with E-state index in [4.69, 9.17) is 4.74 Å². The van der Waals surface area contributed by atoms with Gasteiger partial charge < -0.3 is 4.74 Å². The highest BCUT2D eigenvalue weighted by Gasteiger charge is 2.23. The molecule has 26 heavy (non-hydrogen) atoms. The molecule has 6 nitrogen and oxygen atoms in total. The van der Waals surface area contributed by atoms with Gasteiger partial charge in [-0.2, -0.15) is 5.10 Å². The first-order valence-electron chi connectivity index (χ1n) is 8.80. The van der Waals surface area contributed by atoms with Crippen molar-refractivity contribution in [3.63, 3.8) is 0 Å². The first kappa shape index (κ1) is 18.0. The number of halogens is 1. The molecule has 0 aliphatic rings. The highest BCUT2D eigenvalue weighted by Crippen LogP contribution is 2.29.